The van der Waals surface area contributed by atoms with Crippen molar-refractivity contribution in [1.29, 1.82) is 0 Å². The Kier molecular flexibility index (Phi) is 5.31. The van der Waals surface area contributed by atoms with Gasteiger partial charge in [0.15, 0.2) is 5.69 Å². The number of carbonyl (C=O) groups excluding carboxylic acids is 1. The molecule has 8 nitrogen and oxygen atoms in total. The van der Waals surface area contributed by atoms with Crippen molar-refractivity contribution in [3.05, 3.63) is 93.5 Å². The molecule has 0 aliphatic heterocycles. The second-order valence-corrected chi connectivity index (χ2v) is 5.54. The molecule has 0 fully saturated rings. The molecule has 2 aromatic carbocycles. The molecule has 0 saturated heterocycles. The Morgan fingerprint density at radius 3 is 2.67 bits per heavy atom. The highest BCUT2D eigenvalue weighted by atomic mass is 19.1. The maximum atomic E-state index is 13.5. The fourth-order valence-corrected chi connectivity index (χ4v) is 2.28. The fourth-order valence-electron chi connectivity index (χ4n) is 2.28. The number of halogens is 1. The molecule has 0 radical (unpaired) electrons. The summed E-state index contributed by atoms with van der Waals surface area (Å²) in [6, 6.07) is 13.6. The van der Waals surface area contributed by atoms with Gasteiger partial charge in [-0.2, -0.15) is 10.2 Å². The number of hydrogen-bond donors (Lipinski definition) is 1. The second kappa shape index (κ2) is 8.00. The Balaban J connectivity index is 1.60. The average Bonchev–Trinajstić information content (AvgIpc) is 3.12. The molecule has 0 bridgehead atoms. The van der Waals surface area contributed by atoms with Gasteiger partial charge in [-0.1, -0.05) is 30.3 Å². The number of amides is 1. The van der Waals surface area contributed by atoms with E-state index in [2.05, 4.69) is 15.6 Å². The molecule has 0 spiro atoms. The molecule has 3 aromatic rings. The Labute approximate surface area is 153 Å². The minimum atomic E-state index is -0.537. The number of carbonyl (C=O) groups is 1. The number of nitrogens with zero attached hydrogens (tertiary/aromatic N) is 4. The lowest BCUT2D eigenvalue weighted by Gasteiger charge is -2.01. The highest BCUT2D eigenvalue weighted by Gasteiger charge is 2.10. The van der Waals surface area contributed by atoms with Crippen molar-refractivity contribution in [2.75, 3.05) is 0 Å². The van der Waals surface area contributed by atoms with Gasteiger partial charge in [-0.3, -0.25) is 19.6 Å². The van der Waals surface area contributed by atoms with Crippen LogP contribution in [0.2, 0.25) is 0 Å². The average molecular weight is 367 g/mol. The molecule has 0 unspecified atom stereocenters. The van der Waals surface area contributed by atoms with Crippen LogP contribution in [0.5, 0.6) is 0 Å². The number of hydrazone groups is 1. The van der Waals surface area contributed by atoms with Crippen LogP contribution in [0.3, 0.4) is 0 Å². The first kappa shape index (κ1) is 17.9. The molecule has 3 rings (SSSR count). The molecule has 1 aromatic heterocycles. The first-order chi connectivity index (χ1) is 13.0. The summed E-state index contributed by atoms with van der Waals surface area (Å²) in [5, 5.41) is 18.5. The molecule has 27 heavy (non-hydrogen) atoms. The van der Waals surface area contributed by atoms with Gasteiger partial charge in [0, 0.05) is 23.9 Å². The molecule has 0 aliphatic rings. The van der Waals surface area contributed by atoms with E-state index in [1.54, 1.807) is 30.5 Å². The summed E-state index contributed by atoms with van der Waals surface area (Å²) in [5.41, 5.74) is 3.48. The van der Waals surface area contributed by atoms with E-state index in [4.69, 9.17) is 0 Å². The van der Waals surface area contributed by atoms with E-state index in [1.807, 2.05) is 0 Å². The monoisotopic (exact) mass is 367 g/mol. The number of benzene rings is 2. The lowest BCUT2D eigenvalue weighted by molar-refractivity contribution is -0.384. The predicted molar refractivity (Wildman–Crippen MR) is 95.9 cm³/mol. The minimum Gasteiger partial charge on any atom is -0.268 e. The van der Waals surface area contributed by atoms with Crippen LogP contribution in [0, 0.1) is 15.9 Å². The summed E-state index contributed by atoms with van der Waals surface area (Å²) in [6.45, 7) is 0.351. The van der Waals surface area contributed by atoms with E-state index in [9.17, 15) is 19.3 Å². The van der Waals surface area contributed by atoms with E-state index >= 15 is 0 Å². The highest BCUT2D eigenvalue weighted by molar-refractivity contribution is 5.93. The highest BCUT2D eigenvalue weighted by Crippen LogP contribution is 2.12. The zero-order valence-electron chi connectivity index (χ0n) is 13.9. The normalized spacial score (nSPS) is 10.9. The maximum absolute atomic E-state index is 13.5. The fraction of sp³-hybridized carbons (Fsp3) is 0.0556. The Hall–Kier alpha value is -3.88. The van der Waals surface area contributed by atoms with Crippen LogP contribution in [0.25, 0.3) is 0 Å². The number of rotatable bonds is 6. The zero-order chi connectivity index (χ0) is 19.2. The largest absolute Gasteiger partial charge is 0.291 e. The van der Waals surface area contributed by atoms with Gasteiger partial charge >= 0.3 is 0 Å². The van der Waals surface area contributed by atoms with E-state index in [1.165, 1.54) is 41.2 Å². The van der Waals surface area contributed by atoms with Gasteiger partial charge in [-0.05, 0) is 17.7 Å². The number of hydrogen-bond acceptors (Lipinski definition) is 5. The van der Waals surface area contributed by atoms with Crippen LogP contribution in [0.4, 0.5) is 10.1 Å². The lowest BCUT2D eigenvalue weighted by Crippen LogP contribution is -2.18. The van der Waals surface area contributed by atoms with Crippen LogP contribution in [-0.2, 0) is 6.54 Å². The number of nitro groups is 1. The summed E-state index contributed by atoms with van der Waals surface area (Å²) in [7, 11) is 0. The van der Waals surface area contributed by atoms with Crippen LogP contribution in [0.1, 0.15) is 21.6 Å². The molecule has 136 valence electrons. The molecule has 1 heterocycles. The van der Waals surface area contributed by atoms with Crippen LogP contribution in [-0.4, -0.2) is 26.8 Å². The maximum Gasteiger partial charge on any atom is 0.291 e. The Morgan fingerprint density at radius 1 is 1.22 bits per heavy atom. The van der Waals surface area contributed by atoms with E-state index in [-0.39, 0.29) is 16.9 Å². The van der Waals surface area contributed by atoms with Crippen LogP contribution < -0.4 is 5.43 Å². The number of nitrogens with one attached hydrogen (secondary N) is 1. The van der Waals surface area contributed by atoms with Gasteiger partial charge in [0.2, 0.25) is 0 Å². The number of nitro benzene ring substituents is 1. The molecule has 9 heteroatoms. The van der Waals surface area contributed by atoms with Crippen molar-refractivity contribution >= 4 is 17.8 Å². The predicted octanol–water partition coefficient (Wildman–Crippen LogP) is 2.74. The molecule has 0 aliphatic carbocycles. The third-order valence-corrected chi connectivity index (χ3v) is 3.64. The van der Waals surface area contributed by atoms with Crippen molar-refractivity contribution in [1.82, 2.24) is 15.2 Å². The van der Waals surface area contributed by atoms with Crippen molar-refractivity contribution in [3.8, 4) is 0 Å². The number of non-ortho nitro benzene ring substituents is 1. The summed E-state index contributed by atoms with van der Waals surface area (Å²) in [6.07, 6.45) is 2.82. The molecular formula is C18H14FN5O3. The van der Waals surface area contributed by atoms with E-state index < -0.39 is 16.6 Å². The summed E-state index contributed by atoms with van der Waals surface area (Å²) < 4.78 is 15.0. The third-order valence-electron chi connectivity index (χ3n) is 3.64. The summed E-state index contributed by atoms with van der Waals surface area (Å²) in [5.74, 6) is -0.979. The molecule has 1 amide bonds. The van der Waals surface area contributed by atoms with Gasteiger partial charge < -0.3 is 0 Å². The first-order valence-corrected chi connectivity index (χ1v) is 7.87. The Morgan fingerprint density at radius 2 is 1.96 bits per heavy atom. The van der Waals surface area contributed by atoms with Crippen molar-refractivity contribution in [2.24, 2.45) is 5.10 Å². The summed E-state index contributed by atoms with van der Waals surface area (Å²) >= 11 is 0. The van der Waals surface area contributed by atoms with Crippen molar-refractivity contribution in [3.63, 3.8) is 0 Å². The lowest BCUT2D eigenvalue weighted by atomic mass is 10.2. The quantitative estimate of drug-likeness (QED) is 0.411. The SMILES string of the molecule is O=C(N/N=C/c1ccccc1F)c1ccn(Cc2ccc([N+](=O)[O-])cc2)n1. The zero-order valence-corrected chi connectivity index (χ0v) is 13.9. The van der Waals surface area contributed by atoms with Crippen molar-refractivity contribution < 1.29 is 14.1 Å². The van der Waals surface area contributed by atoms with E-state index in [0.29, 0.717) is 6.54 Å². The van der Waals surface area contributed by atoms with Gasteiger partial charge in [0.25, 0.3) is 11.6 Å². The van der Waals surface area contributed by atoms with Gasteiger partial charge in [0.05, 0.1) is 17.7 Å². The van der Waals surface area contributed by atoms with Crippen molar-refractivity contribution in [2.45, 2.75) is 6.54 Å². The van der Waals surface area contributed by atoms with Gasteiger partial charge in [0.1, 0.15) is 5.82 Å². The van der Waals surface area contributed by atoms with Crippen LogP contribution in [0.15, 0.2) is 65.9 Å². The van der Waals surface area contributed by atoms with Gasteiger partial charge in [-0.15, -0.1) is 0 Å². The molecule has 1 N–H and O–H groups in total. The van der Waals surface area contributed by atoms with Crippen LogP contribution >= 0.6 is 0 Å². The Bertz CT molecular complexity index is 998. The number of aromatic nitrogens is 2. The standard InChI is InChI=1S/C18H14FN5O3/c19-16-4-2-1-3-14(16)11-20-21-18(25)17-9-10-23(22-17)12-13-5-7-15(8-6-13)24(26)27/h1-11H,12H2,(H,21,25)/b20-11+. The molecule has 0 saturated carbocycles. The second-order valence-electron chi connectivity index (χ2n) is 5.54. The van der Waals surface area contributed by atoms with E-state index in [0.717, 1.165) is 5.56 Å². The third kappa shape index (κ3) is 4.60. The topological polar surface area (TPSA) is 102 Å². The first-order valence-electron chi connectivity index (χ1n) is 7.87. The van der Waals surface area contributed by atoms with Gasteiger partial charge in [-0.25, -0.2) is 9.82 Å². The summed E-state index contributed by atoms with van der Waals surface area (Å²) in [4.78, 5) is 22.2. The smallest absolute Gasteiger partial charge is 0.268 e. The molecular weight excluding hydrogens is 353 g/mol. The molecule has 0 atom stereocenters. The minimum absolute atomic E-state index is 0.00648.